The number of ether oxygens (including phenoxy) is 5. The summed E-state index contributed by atoms with van der Waals surface area (Å²) in [4.78, 5) is 65.2. The monoisotopic (exact) mass is 930 g/mol. The van der Waals surface area contributed by atoms with Crippen LogP contribution in [-0.2, 0) is 51.8 Å². The maximum atomic E-state index is 14.1. The molecule has 4 aromatic rings. The van der Waals surface area contributed by atoms with Crippen LogP contribution in [-0.4, -0.2) is 89.8 Å². The number of para-hydroxylation sites is 1. The zero-order valence-electron chi connectivity index (χ0n) is 37.8. The number of likely N-dealkylation sites (N-methyl/N-ethyl adjacent to an activating group) is 1. The number of sulfonamides is 1. The zero-order chi connectivity index (χ0) is 49.0. The number of aliphatic hydroxyl groups is 1. The van der Waals surface area contributed by atoms with Crippen molar-refractivity contribution in [3.63, 3.8) is 0 Å². The number of hydrogen-bond acceptors (Lipinski definition) is 14. The Hall–Kier alpha value is -7.01. The summed E-state index contributed by atoms with van der Waals surface area (Å²) in [5.41, 5.74) is -3.96. The number of benzene rings is 4. The number of amides is 2. The lowest BCUT2D eigenvalue weighted by Gasteiger charge is -2.34. The minimum absolute atomic E-state index is 0.0607. The molecule has 0 saturated heterocycles. The Morgan fingerprint density at radius 3 is 1.94 bits per heavy atom. The maximum absolute atomic E-state index is 14.1. The molecule has 18 nitrogen and oxygen atoms in total. The summed E-state index contributed by atoms with van der Waals surface area (Å²) in [6, 6.07) is 21.9. The fraction of sp³-hybridized carbons (Fsp3) is 0.362. The molecule has 4 rings (SSSR count). The minimum Gasteiger partial charge on any atom is -0.485 e. The Morgan fingerprint density at radius 1 is 0.818 bits per heavy atom. The predicted molar refractivity (Wildman–Crippen MR) is 240 cm³/mol. The van der Waals surface area contributed by atoms with Gasteiger partial charge in [-0.1, -0.05) is 84.8 Å². The second kappa shape index (κ2) is 21.8. The van der Waals surface area contributed by atoms with Gasteiger partial charge in [0, 0.05) is 13.1 Å². The summed E-state index contributed by atoms with van der Waals surface area (Å²) in [5, 5.41) is 26.3. The zero-order valence-corrected chi connectivity index (χ0v) is 38.6. The van der Waals surface area contributed by atoms with Gasteiger partial charge in [0.05, 0.1) is 4.92 Å². The predicted octanol–water partition coefficient (Wildman–Crippen LogP) is 5.76. The van der Waals surface area contributed by atoms with E-state index < -0.39 is 91.0 Å². The molecule has 0 aliphatic heterocycles. The van der Waals surface area contributed by atoms with Gasteiger partial charge >= 0.3 is 18.0 Å². The first-order chi connectivity index (χ1) is 30.8. The van der Waals surface area contributed by atoms with Crippen molar-refractivity contribution in [3.05, 3.63) is 130 Å². The molecule has 0 bridgehead atoms. The molecule has 4 aromatic carbocycles. The van der Waals surface area contributed by atoms with Crippen molar-refractivity contribution >= 4 is 39.6 Å². The van der Waals surface area contributed by atoms with E-state index in [1.807, 2.05) is 0 Å². The van der Waals surface area contributed by atoms with E-state index in [9.17, 15) is 42.8 Å². The number of aliphatic hydroxyl groups excluding tert-OH is 1. The van der Waals surface area contributed by atoms with Gasteiger partial charge in [0.2, 0.25) is 15.9 Å². The molecule has 0 spiro atoms. The molecule has 2 amide bonds. The highest BCUT2D eigenvalue weighted by Gasteiger charge is 2.45. The highest BCUT2D eigenvalue weighted by molar-refractivity contribution is 7.89. The lowest BCUT2D eigenvalue weighted by atomic mass is 9.96. The summed E-state index contributed by atoms with van der Waals surface area (Å²) in [6.45, 7) is 9.73. The second-order valence-electron chi connectivity index (χ2n) is 17.0. The number of carbonyl (C=O) groups excluding carboxylic acids is 4. The molecule has 0 radical (unpaired) electrons. The molecule has 19 heteroatoms. The SMILES string of the molecule is C#C[C@@](C)(Oc1cc([C@@H](O)[C@@H](C(=O)OCc2ccccc2)N(C)C(=O)OC(C)(C)C)ccc1OCc1ccccc1)[C@H](NS(=O)(=O)c1ccccc1[N+](=O)[O-])C(=O)NCC(=O)OC(C)(C)C. The molecular formula is C47H54N4O14S. The normalized spacial score (nSPS) is 13.9. The highest BCUT2D eigenvalue weighted by atomic mass is 32.2. The third-order valence-electron chi connectivity index (χ3n) is 9.28. The van der Waals surface area contributed by atoms with E-state index in [4.69, 9.17) is 30.1 Å². The molecule has 0 saturated carbocycles. The van der Waals surface area contributed by atoms with Crippen molar-refractivity contribution in [1.29, 1.82) is 0 Å². The van der Waals surface area contributed by atoms with Gasteiger partial charge in [-0.15, -0.1) is 6.42 Å². The molecule has 66 heavy (non-hydrogen) atoms. The molecule has 0 aliphatic rings. The largest absolute Gasteiger partial charge is 0.485 e. The number of nitro groups is 1. The molecule has 0 fully saturated rings. The molecular weight excluding hydrogens is 877 g/mol. The molecule has 0 heterocycles. The van der Waals surface area contributed by atoms with E-state index in [2.05, 4.69) is 16.0 Å². The van der Waals surface area contributed by atoms with Crippen molar-refractivity contribution in [2.45, 2.75) is 102 Å². The summed E-state index contributed by atoms with van der Waals surface area (Å²) >= 11 is 0. The van der Waals surface area contributed by atoms with Crippen molar-refractivity contribution in [2.24, 2.45) is 0 Å². The van der Waals surface area contributed by atoms with Crippen molar-refractivity contribution < 1.29 is 61.3 Å². The lowest BCUT2D eigenvalue weighted by Crippen LogP contribution is -2.61. The lowest BCUT2D eigenvalue weighted by molar-refractivity contribution is -0.387. The average molecular weight is 931 g/mol. The van der Waals surface area contributed by atoms with Crippen LogP contribution in [0.2, 0.25) is 0 Å². The van der Waals surface area contributed by atoms with Gasteiger partial charge < -0.3 is 34.1 Å². The highest BCUT2D eigenvalue weighted by Crippen LogP contribution is 2.37. The number of esters is 2. The number of carbonyl (C=O) groups is 4. The fourth-order valence-electron chi connectivity index (χ4n) is 6.09. The topological polar surface area (TPSA) is 239 Å². The summed E-state index contributed by atoms with van der Waals surface area (Å²) in [7, 11) is -3.77. The maximum Gasteiger partial charge on any atom is 0.410 e. The van der Waals surface area contributed by atoms with Crippen LogP contribution in [0, 0.1) is 22.5 Å². The molecule has 352 valence electrons. The third kappa shape index (κ3) is 14.5. The van der Waals surface area contributed by atoms with Crippen LogP contribution in [0.1, 0.15) is 71.3 Å². The van der Waals surface area contributed by atoms with Crippen molar-refractivity contribution in [3.8, 4) is 23.8 Å². The van der Waals surface area contributed by atoms with Crippen molar-refractivity contribution in [2.75, 3.05) is 13.6 Å². The minimum atomic E-state index is -5.00. The Balaban J connectivity index is 1.85. The first kappa shape index (κ1) is 51.6. The van der Waals surface area contributed by atoms with Crippen LogP contribution in [0.15, 0.2) is 108 Å². The van der Waals surface area contributed by atoms with Crippen molar-refractivity contribution in [1.82, 2.24) is 14.9 Å². The molecule has 3 N–H and O–H groups in total. The number of nitrogens with zero attached hydrogens (tertiary/aromatic N) is 2. The number of rotatable bonds is 19. The summed E-state index contributed by atoms with van der Waals surface area (Å²) in [6.07, 6.45) is 3.22. The first-order valence-corrected chi connectivity index (χ1v) is 21.9. The quantitative estimate of drug-likeness (QED) is 0.0333. The van der Waals surface area contributed by atoms with E-state index in [1.165, 1.54) is 37.4 Å². The first-order valence-electron chi connectivity index (χ1n) is 20.4. The van der Waals surface area contributed by atoms with Gasteiger partial charge in [-0.05, 0) is 83.4 Å². The number of nitrogens with one attached hydrogen (secondary N) is 2. The van der Waals surface area contributed by atoms with Gasteiger partial charge in [-0.2, -0.15) is 4.72 Å². The van der Waals surface area contributed by atoms with Crippen LogP contribution in [0.4, 0.5) is 10.5 Å². The smallest absolute Gasteiger partial charge is 0.410 e. The standard InChI is InChI=1S/C47H54N4O14S/c1-10-47(8,41(42(54)48-28-38(52)64-45(2,3)4)49-66(59,60)37-24-18-17-23-34(37)51(57)58)63-36-27-33(25-26-35(36)61-29-31-19-13-11-14-20-31)40(53)39(50(9)44(56)65-46(5,6)7)43(55)62-30-32-21-15-12-16-22-32/h1,11-27,39-41,49,53H,28-30H2,2-9H3,(H,48,54)/t39-,40+,41+,47+/m0/s1. The van der Waals surface area contributed by atoms with Crippen LogP contribution >= 0.6 is 0 Å². The molecule has 0 aromatic heterocycles. The van der Waals surface area contributed by atoms with E-state index in [-0.39, 0.29) is 30.3 Å². The molecule has 0 unspecified atom stereocenters. The van der Waals surface area contributed by atoms with E-state index in [1.54, 1.807) is 102 Å². The Bertz CT molecular complexity index is 2520. The Kier molecular flexibility index (Phi) is 17.0. The van der Waals surface area contributed by atoms with Crippen LogP contribution in [0.25, 0.3) is 0 Å². The fourth-order valence-corrected chi connectivity index (χ4v) is 7.54. The van der Waals surface area contributed by atoms with Gasteiger partial charge in [0.1, 0.15) is 37.1 Å². The van der Waals surface area contributed by atoms with Crippen LogP contribution in [0.3, 0.4) is 0 Å². The van der Waals surface area contributed by atoms with Gasteiger partial charge in [-0.25, -0.2) is 18.0 Å². The van der Waals surface area contributed by atoms with E-state index in [0.717, 1.165) is 24.0 Å². The Labute approximate surface area is 383 Å². The second-order valence-corrected chi connectivity index (χ2v) is 18.7. The van der Waals surface area contributed by atoms with Gasteiger partial charge in [0.15, 0.2) is 34.1 Å². The Morgan fingerprint density at radius 2 is 1.38 bits per heavy atom. The van der Waals surface area contributed by atoms with Gasteiger partial charge in [-0.3, -0.25) is 24.6 Å². The van der Waals surface area contributed by atoms with Crippen LogP contribution < -0.4 is 19.5 Å². The van der Waals surface area contributed by atoms with E-state index >= 15 is 0 Å². The molecule has 0 aliphatic carbocycles. The third-order valence-corrected chi connectivity index (χ3v) is 10.8. The average Bonchev–Trinajstić information content (AvgIpc) is 3.25. The molecule has 4 atom stereocenters. The number of hydrogen-bond donors (Lipinski definition) is 3. The van der Waals surface area contributed by atoms with Crippen LogP contribution in [0.5, 0.6) is 11.5 Å². The van der Waals surface area contributed by atoms with Gasteiger partial charge in [0.25, 0.3) is 5.69 Å². The number of nitro benzene ring substituents is 1. The summed E-state index contributed by atoms with van der Waals surface area (Å²) in [5.74, 6) is -1.21. The van der Waals surface area contributed by atoms with E-state index in [0.29, 0.717) is 11.1 Å². The summed E-state index contributed by atoms with van der Waals surface area (Å²) < 4.78 is 59.1. The number of terminal acetylenes is 1.